The van der Waals surface area contributed by atoms with E-state index in [1.54, 1.807) is 23.6 Å². The van der Waals surface area contributed by atoms with Gasteiger partial charge in [0, 0.05) is 42.1 Å². The molecule has 2 heterocycles. The lowest BCUT2D eigenvalue weighted by atomic mass is 10.2. The number of thiazole rings is 1. The molecular weight excluding hydrogens is 248 g/mol. The minimum atomic E-state index is -0.198. The first-order chi connectivity index (χ1) is 8.66. The van der Waals surface area contributed by atoms with E-state index in [9.17, 15) is 4.79 Å². The van der Waals surface area contributed by atoms with Gasteiger partial charge in [-0.1, -0.05) is 0 Å². The van der Waals surface area contributed by atoms with Gasteiger partial charge >= 0.3 is 0 Å². The maximum Gasteiger partial charge on any atom is 0.254 e. The van der Waals surface area contributed by atoms with E-state index in [4.69, 9.17) is 5.73 Å². The van der Waals surface area contributed by atoms with E-state index in [0.717, 1.165) is 17.1 Å². The van der Waals surface area contributed by atoms with Crippen LogP contribution in [-0.4, -0.2) is 22.4 Å². The number of carbonyl (C=O) groups excluding carboxylic acids is 1. The van der Waals surface area contributed by atoms with Crippen molar-refractivity contribution in [2.24, 2.45) is 0 Å². The number of aromatic nitrogens is 2. The van der Waals surface area contributed by atoms with Gasteiger partial charge in [0.05, 0.1) is 10.6 Å². The fourth-order valence-electron chi connectivity index (χ4n) is 1.53. The van der Waals surface area contributed by atoms with Crippen LogP contribution in [0.1, 0.15) is 21.1 Å². The maximum absolute atomic E-state index is 11.9. The van der Waals surface area contributed by atoms with Gasteiger partial charge in [0.25, 0.3) is 5.91 Å². The van der Waals surface area contributed by atoms with Gasteiger partial charge < -0.3 is 11.1 Å². The van der Waals surface area contributed by atoms with Crippen LogP contribution in [0.3, 0.4) is 0 Å². The average Bonchev–Trinajstić information content (AvgIpc) is 2.81. The van der Waals surface area contributed by atoms with E-state index >= 15 is 0 Å². The van der Waals surface area contributed by atoms with Gasteiger partial charge in [-0.05, 0) is 13.0 Å². The second-order valence-electron chi connectivity index (χ2n) is 3.84. The zero-order valence-corrected chi connectivity index (χ0v) is 10.8. The van der Waals surface area contributed by atoms with E-state index in [1.807, 2.05) is 12.3 Å². The highest BCUT2D eigenvalue weighted by Crippen LogP contribution is 2.11. The molecule has 0 saturated heterocycles. The van der Waals surface area contributed by atoms with Gasteiger partial charge in [-0.2, -0.15) is 0 Å². The Morgan fingerprint density at radius 1 is 1.50 bits per heavy atom. The second kappa shape index (κ2) is 5.59. The van der Waals surface area contributed by atoms with Crippen LogP contribution in [-0.2, 0) is 6.42 Å². The summed E-state index contributed by atoms with van der Waals surface area (Å²) in [4.78, 5) is 20.1. The first-order valence-corrected chi connectivity index (χ1v) is 6.43. The Kier molecular flexibility index (Phi) is 3.88. The Balaban J connectivity index is 1.91. The number of aryl methyl sites for hydroxylation is 1. The maximum atomic E-state index is 11.9. The molecule has 0 aliphatic rings. The third kappa shape index (κ3) is 3.04. The van der Waals surface area contributed by atoms with Crippen LogP contribution >= 0.6 is 11.3 Å². The molecular formula is C12H14N4OS. The Labute approximate surface area is 109 Å². The highest BCUT2D eigenvalue weighted by Gasteiger charge is 2.09. The van der Waals surface area contributed by atoms with Gasteiger partial charge in [0.1, 0.15) is 0 Å². The highest BCUT2D eigenvalue weighted by molar-refractivity contribution is 7.09. The van der Waals surface area contributed by atoms with E-state index in [2.05, 4.69) is 15.3 Å². The molecule has 5 nitrogen and oxygen atoms in total. The van der Waals surface area contributed by atoms with Crippen molar-refractivity contribution in [3.63, 3.8) is 0 Å². The molecule has 0 spiro atoms. The third-order valence-corrected chi connectivity index (χ3v) is 3.26. The number of hydrogen-bond donors (Lipinski definition) is 2. The molecule has 0 aliphatic carbocycles. The fourth-order valence-corrected chi connectivity index (χ4v) is 2.15. The summed E-state index contributed by atoms with van der Waals surface area (Å²) >= 11 is 1.58. The van der Waals surface area contributed by atoms with Crippen LogP contribution in [0.4, 0.5) is 5.69 Å². The molecule has 6 heteroatoms. The van der Waals surface area contributed by atoms with Crippen molar-refractivity contribution in [1.82, 2.24) is 15.3 Å². The standard InChI is InChI=1S/C12H14N4OS/c1-8-6-10(13)9(7-16-8)12(17)15-3-2-11-14-4-5-18-11/h4-7H,2-3H2,1H3,(H2,13,16)(H,15,17). The van der Waals surface area contributed by atoms with Crippen molar-refractivity contribution >= 4 is 22.9 Å². The summed E-state index contributed by atoms with van der Waals surface area (Å²) in [5.41, 5.74) is 7.44. The minimum absolute atomic E-state index is 0.198. The second-order valence-corrected chi connectivity index (χ2v) is 4.82. The van der Waals surface area contributed by atoms with Crippen LogP contribution in [0.5, 0.6) is 0 Å². The van der Waals surface area contributed by atoms with E-state index < -0.39 is 0 Å². The van der Waals surface area contributed by atoms with E-state index in [0.29, 0.717) is 17.8 Å². The highest BCUT2D eigenvalue weighted by atomic mass is 32.1. The predicted octanol–water partition coefficient (Wildman–Crippen LogP) is 1.40. The fraction of sp³-hybridized carbons (Fsp3) is 0.250. The van der Waals surface area contributed by atoms with Crippen molar-refractivity contribution in [2.45, 2.75) is 13.3 Å². The molecule has 0 aliphatic heterocycles. The number of nitrogens with one attached hydrogen (secondary N) is 1. The van der Waals surface area contributed by atoms with Gasteiger partial charge in [0.2, 0.25) is 0 Å². The van der Waals surface area contributed by atoms with Gasteiger partial charge in [-0.25, -0.2) is 4.98 Å². The molecule has 0 unspecified atom stereocenters. The third-order valence-electron chi connectivity index (χ3n) is 2.43. The molecule has 2 rings (SSSR count). The summed E-state index contributed by atoms with van der Waals surface area (Å²) in [7, 11) is 0. The summed E-state index contributed by atoms with van der Waals surface area (Å²) in [5.74, 6) is -0.198. The molecule has 0 bridgehead atoms. The smallest absolute Gasteiger partial charge is 0.254 e. The Morgan fingerprint density at radius 3 is 3.00 bits per heavy atom. The van der Waals surface area contributed by atoms with Crippen molar-refractivity contribution in [2.75, 3.05) is 12.3 Å². The summed E-state index contributed by atoms with van der Waals surface area (Å²) < 4.78 is 0. The molecule has 94 valence electrons. The molecule has 0 aromatic carbocycles. The normalized spacial score (nSPS) is 10.3. The van der Waals surface area contributed by atoms with Crippen molar-refractivity contribution in [1.29, 1.82) is 0 Å². The lowest BCUT2D eigenvalue weighted by molar-refractivity contribution is 0.0954. The average molecular weight is 262 g/mol. The Hall–Kier alpha value is -1.95. The monoisotopic (exact) mass is 262 g/mol. The lowest BCUT2D eigenvalue weighted by Crippen LogP contribution is -2.26. The van der Waals surface area contributed by atoms with E-state index in [1.165, 1.54) is 6.20 Å². The van der Waals surface area contributed by atoms with Crippen molar-refractivity contribution in [3.8, 4) is 0 Å². The minimum Gasteiger partial charge on any atom is -0.398 e. The number of nitrogen functional groups attached to an aromatic ring is 1. The first kappa shape index (κ1) is 12.5. The van der Waals surface area contributed by atoms with Crippen molar-refractivity contribution in [3.05, 3.63) is 40.1 Å². The number of rotatable bonds is 4. The molecule has 3 N–H and O–H groups in total. The summed E-state index contributed by atoms with van der Waals surface area (Å²) in [6.45, 7) is 2.38. The first-order valence-electron chi connectivity index (χ1n) is 5.55. The SMILES string of the molecule is Cc1cc(N)c(C(=O)NCCc2nccs2)cn1. The van der Waals surface area contributed by atoms with Crippen LogP contribution in [0.2, 0.25) is 0 Å². The molecule has 0 saturated carbocycles. The molecule has 2 aromatic rings. The molecule has 0 atom stereocenters. The van der Waals surface area contributed by atoms with Crippen molar-refractivity contribution < 1.29 is 4.79 Å². The quantitative estimate of drug-likeness (QED) is 0.872. The predicted molar refractivity (Wildman–Crippen MR) is 71.5 cm³/mol. The number of hydrogen-bond acceptors (Lipinski definition) is 5. The Bertz CT molecular complexity index is 539. The topological polar surface area (TPSA) is 80.9 Å². The molecule has 2 aromatic heterocycles. The van der Waals surface area contributed by atoms with Crippen LogP contribution in [0, 0.1) is 6.92 Å². The zero-order chi connectivity index (χ0) is 13.0. The molecule has 0 radical (unpaired) electrons. The van der Waals surface area contributed by atoms with Gasteiger partial charge in [0.15, 0.2) is 0 Å². The molecule has 18 heavy (non-hydrogen) atoms. The molecule has 1 amide bonds. The number of carbonyl (C=O) groups is 1. The largest absolute Gasteiger partial charge is 0.398 e. The van der Waals surface area contributed by atoms with E-state index in [-0.39, 0.29) is 5.91 Å². The number of amides is 1. The number of anilines is 1. The number of nitrogens with two attached hydrogens (primary N) is 1. The summed E-state index contributed by atoms with van der Waals surface area (Å²) in [6.07, 6.45) is 3.98. The zero-order valence-electron chi connectivity index (χ0n) is 10.0. The number of pyridine rings is 1. The van der Waals surface area contributed by atoms with Gasteiger partial charge in [-0.15, -0.1) is 11.3 Å². The van der Waals surface area contributed by atoms with Crippen LogP contribution in [0.25, 0.3) is 0 Å². The van der Waals surface area contributed by atoms with Crippen LogP contribution < -0.4 is 11.1 Å². The lowest BCUT2D eigenvalue weighted by Gasteiger charge is -2.06. The summed E-state index contributed by atoms with van der Waals surface area (Å²) in [5, 5.41) is 5.73. The number of nitrogens with zero attached hydrogens (tertiary/aromatic N) is 2. The van der Waals surface area contributed by atoms with Crippen LogP contribution in [0.15, 0.2) is 23.8 Å². The van der Waals surface area contributed by atoms with Gasteiger partial charge in [-0.3, -0.25) is 9.78 Å². The summed E-state index contributed by atoms with van der Waals surface area (Å²) in [6, 6.07) is 1.69. The Morgan fingerprint density at radius 2 is 2.33 bits per heavy atom. The molecule has 0 fully saturated rings.